The molecule has 1 aromatic rings. The molecule has 3 rings (SSSR count). The summed E-state index contributed by atoms with van der Waals surface area (Å²) in [6, 6.07) is 5.88. The Morgan fingerprint density at radius 1 is 1.20 bits per heavy atom. The maximum absolute atomic E-state index is 13.4. The van der Waals surface area contributed by atoms with Crippen LogP contribution in [0.3, 0.4) is 0 Å². The van der Waals surface area contributed by atoms with Crippen molar-refractivity contribution in [3.63, 3.8) is 0 Å². The van der Waals surface area contributed by atoms with Crippen LogP contribution >= 0.6 is 0 Å². The summed E-state index contributed by atoms with van der Waals surface area (Å²) >= 11 is 0. The summed E-state index contributed by atoms with van der Waals surface area (Å²) < 4.78 is 18.9. The van der Waals surface area contributed by atoms with Gasteiger partial charge in [0.1, 0.15) is 17.4 Å². The van der Waals surface area contributed by atoms with E-state index in [1.165, 1.54) is 0 Å². The molecule has 168 valence electrons. The van der Waals surface area contributed by atoms with Crippen LogP contribution in [0.15, 0.2) is 18.2 Å². The van der Waals surface area contributed by atoms with Crippen molar-refractivity contribution in [2.24, 2.45) is 0 Å². The van der Waals surface area contributed by atoms with E-state index >= 15 is 0 Å². The van der Waals surface area contributed by atoms with Gasteiger partial charge in [0, 0.05) is 13.0 Å². The molecule has 0 spiro atoms. The molecule has 5 nitrogen and oxygen atoms in total. The van der Waals surface area contributed by atoms with E-state index in [-0.39, 0.29) is 35.9 Å². The normalized spacial score (nSPS) is 25.3. The Bertz CT molecular complexity index is 740. The van der Waals surface area contributed by atoms with Crippen LogP contribution in [0.4, 0.5) is 0 Å². The third-order valence-corrected chi connectivity index (χ3v) is 11.2. The highest BCUT2D eigenvalue weighted by molar-refractivity contribution is 6.74. The number of carbonyl (C=O) groups excluding carboxylic acids is 1. The summed E-state index contributed by atoms with van der Waals surface area (Å²) in [5.41, 5.74) is 1.51. The van der Waals surface area contributed by atoms with Crippen LogP contribution in [0.2, 0.25) is 18.1 Å². The molecule has 2 bridgehead atoms. The summed E-state index contributed by atoms with van der Waals surface area (Å²) in [6.45, 7) is 11.1. The smallest absolute Gasteiger partial charge is 0.342 e. The number of cyclic esters (lactones) is 1. The minimum Gasteiger partial charge on any atom is -0.543 e. The second-order valence-electron chi connectivity index (χ2n) is 10.3. The van der Waals surface area contributed by atoms with Gasteiger partial charge in [-0.3, -0.25) is 0 Å². The molecular weight excluding hydrogens is 396 g/mol. The molecule has 0 saturated carbocycles. The predicted octanol–water partition coefficient (Wildman–Crippen LogP) is 5.25. The third-order valence-electron chi connectivity index (χ3n) is 6.86. The molecule has 1 fully saturated rings. The maximum atomic E-state index is 13.4. The number of esters is 1. The molecule has 30 heavy (non-hydrogen) atoms. The van der Waals surface area contributed by atoms with E-state index in [0.29, 0.717) is 37.0 Å². The zero-order valence-electron chi connectivity index (χ0n) is 19.2. The van der Waals surface area contributed by atoms with E-state index in [0.717, 1.165) is 24.8 Å². The number of aliphatic hydroxyl groups excluding tert-OH is 1. The van der Waals surface area contributed by atoms with Crippen LogP contribution in [0.25, 0.3) is 0 Å². The summed E-state index contributed by atoms with van der Waals surface area (Å²) in [7, 11) is -2.12. The molecule has 0 unspecified atom stereocenters. The van der Waals surface area contributed by atoms with E-state index in [1.807, 2.05) is 18.2 Å². The van der Waals surface area contributed by atoms with E-state index in [2.05, 4.69) is 33.9 Å². The van der Waals surface area contributed by atoms with Crippen LogP contribution < -0.4 is 4.43 Å². The molecule has 0 aromatic heterocycles. The molecule has 3 atom stereocenters. The van der Waals surface area contributed by atoms with Gasteiger partial charge in [-0.1, -0.05) is 32.9 Å². The first kappa shape index (κ1) is 23.3. The van der Waals surface area contributed by atoms with Gasteiger partial charge in [-0.15, -0.1) is 0 Å². The number of fused-ring (bicyclic) bond motifs is 3. The van der Waals surface area contributed by atoms with Gasteiger partial charge in [-0.05, 0) is 68.3 Å². The van der Waals surface area contributed by atoms with Crippen molar-refractivity contribution < 1.29 is 23.8 Å². The molecule has 1 saturated heterocycles. The van der Waals surface area contributed by atoms with Gasteiger partial charge in [0.2, 0.25) is 0 Å². The van der Waals surface area contributed by atoms with Crippen LogP contribution in [0, 0.1) is 0 Å². The van der Waals surface area contributed by atoms with Crippen molar-refractivity contribution in [2.75, 3.05) is 6.61 Å². The fourth-order valence-corrected chi connectivity index (χ4v) is 5.12. The standard InChI is InChI=1S/C24H38O5Si/c1-24(2,3)30(4,5)29-21-13-6-9-17-15-18-10-7-11-19(27-18)16-20(12-8-14-25)28-23(26)22(17)21/h6,9,13,18-20,25H,7-8,10-12,14-16H2,1-5H3/t18-,19-,20+/m1/s1. The van der Waals surface area contributed by atoms with E-state index in [4.69, 9.17) is 13.9 Å². The molecule has 1 aromatic carbocycles. The number of hydrogen-bond donors (Lipinski definition) is 1. The van der Waals surface area contributed by atoms with Crippen molar-refractivity contribution in [3.8, 4) is 5.75 Å². The van der Waals surface area contributed by atoms with Gasteiger partial charge in [0.25, 0.3) is 8.32 Å². The number of ether oxygens (including phenoxy) is 2. The minimum absolute atomic E-state index is 0.0268. The topological polar surface area (TPSA) is 65.0 Å². The van der Waals surface area contributed by atoms with Gasteiger partial charge < -0.3 is 19.0 Å². The molecule has 2 heterocycles. The molecule has 2 aliphatic heterocycles. The number of rotatable bonds is 5. The monoisotopic (exact) mass is 434 g/mol. The molecule has 0 radical (unpaired) electrons. The zero-order valence-corrected chi connectivity index (χ0v) is 20.2. The largest absolute Gasteiger partial charge is 0.543 e. The minimum atomic E-state index is -2.12. The van der Waals surface area contributed by atoms with Crippen molar-refractivity contribution in [2.45, 2.75) is 102 Å². The van der Waals surface area contributed by atoms with Gasteiger partial charge in [0.15, 0.2) is 0 Å². The van der Waals surface area contributed by atoms with Gasteiger partial charge in [-0.2, -0.15) is 0 Å². The second-order valence-corrected chi connectivity index (χ2v) is 15.0. The summed E-state index contributed by atoms with van der Waals surface area (Å²) in [6.07, 6.45) is 5.80. The predicted molar refractivity (Wildman–Crippen MR) is 121 cm³/mol. The van der Waals surface area contributed by atoms with Gasteiger partial charge in [0.05, 0.1) is 12.2 Å². The lowest BCUT2D eigenvalue weighted by atomic mass is 9.92. The first-order chi connectivity index (χ1) is 14.1. The summed E-state index contributed by atoms with van der Waals surface area (Å²) in [5, 5.41) is 9.31. The lowest BCUT2D eigenvalue weighted by Gasteiger charge is -2.38. The zero-order chi connectivity index (χ0) is 21.9. The van der Waals surface area contributed by atoms with Gasteiger partial charge in [-0.25, -0.2) is 4.79 Å². The molecule has 0 aliphatic carbocycles. The van der Waals surface area contributed by atoms with Crippen molar-refractivity contribution in [1.29, 1.82) is 0 Å². The quantitative estimate of drug-likeness (QED) is 0.506. The van der Waals surface area contributed by atoms with Crippen LogP contribution in [-0.2, 0) is 15.9 Å². The van der Waals surface area contributed by atoms with E-state index < -0.39 is 8.32 Å². The first-order valence-electron chi connectivity index (χ1n) is 11.4. The Hall–Kier alpha value is -1.37. The number of hydrogen-bond acceptors (Lipinski definition) is 5. The van der Waals surface area contributed by atoms with E-state index in [1.54, 1.807) is 0 Å². The highest BCUT2D eigenvalue weighted by atomic mass is 28.4. The SMILES string of the molecule is CC(C)(C)[Si](C)(C)Oc1cccc2c1C(=O)O[C@@H](CCCO)C[C@H]1CCC[C@H](C2)O1. The maximum Gasteiger partial charge on any atom is 0.342 e. The molecular formula is C24H38O5Si. The fraction of sp³-hybridized carbons (Fsp3) is 0.708. The van der Waals surface area contributed by atoms with Gasteiger partial charge >= 0.3 is 5.97 Å². The van der Waals surface area contributed by atoms with Crippen molar-refractivity contribution >= 4 is 14.3 Å². The molecule has 2 aliphatic rings. The second kappa shape index (κ2) is 9.41. The average molecular weight is 435 g/mol. The Morgan fingerprint density at radius 2 is 1.93 bits per heavy atom. The number of carbonyl (C=O) groups is 1. The highest BCUT2D eigenvalue weighted by Crippen LogP contribution is 2.40. The Balaban J connectivity index is 1.98. The third kappa shape index (κ3) is 5.45. The fourth-order valence-electron chi connectivity index (χ4n) is 4.09. The van der Waals surface area contributed by atoms with Crippen LogP contribution in [0.1, 0.15) is 75.2 Å². The summed E-state index contributed by atoms with van der Waals surface area (Å²) in [4.78, 5) is 13.4. The Morgan fingerprint density at radius 3 is 2.63 bits per heavy atom. The average Bonchev–Trinajstić information content (AvgIpc) is 2.64. The molecule has 0 amide bonds. The lowest BCUT2D eigenvalue weighted by Crippen LogP contribution is -2.44. The molecule has 1 N–H and O–H groups in total. The van der Waals surface area contributed by atoms with Crippen LogP contribution in [0.5, 0.6) is 5.75 Å². The summed E-state index contributed by atoms with van der Waals surface area (Å²) in [5.74, 6) is 0.333. The first-order valence-corrected chi connectivity index (χ1v) is 14.3. The highest BCUT2D eigenvalue weighted by Gasteiger charge is 2.40. The van der Waals surface area contributed by atoms with Crippen molar-refractivity contribution in [3.05, 3.63) is 29.3 Å². The van der Waals surface area contributed by atoms with Crippen molar-refractivity contribution in [1.82, 2.24) is 0 Å². The Labute approximate surface area is 182 Å². The van der Waals surface area contributed by atoms with Crippen LogP contribution in [-0.4, -0.2) is 44.3 Å². The Kier molecular flexibility index (Phi) is 7.31. The number of aliphatic hydroxyl groups is 1. The molecule has 6 heteroatoms. The van der Waals surface area contributed by atoms with E-state index in [9.17, 15) is 9.90 Å². The lowest BCUT2D eigenvalue weighted by molar-refractivity contribution is -0.0739. The number of benzene rings is 1.